The Balaban J connectivity index is 0.000000640. The van der Waals surface area contributed by atoms with E-state index in [9.17, 15) is 0 Å². The van der Waals surface area contributed by atoms with Gasteiger partial charge in [-0.2, -0.15) is 0 Å². The lowest BCUT2D eigenvalue weighted by Crippen LogP contribution is -2.23. The summed E-state index contributed by atoms with van der Waals surface area (Å²) in [7, 11) is 0. The van der Waals surface area contributed by atoms with Gasteiger partial charge in [0.2, 0.25) is 0 Å². The summed E-state index contributed by atoms with van der Waals surface area (Å²) in [4.78, 5) is 0. The minimum absolute atomic E-state index is 0. The van der Waals surface area contributed by atoms with Crippen molar-refractivity contribution in [3.05, 3.63) is 0 Å². The summed E-state index contributed by atoms with van der Waals surface area (Å²) >= 11 is 0. The molecule has 1 fully saturated rings. The Bertz CT molecular complexity index is 66.0. The Hall–Kier alpha value is 0.170. The molecule has 0 saturated carbocycles. The Morgan fingerprint density at radius 1 is 1.67 bits per heavy atom. The minimum Gasteiger partial charge on any atom is -0.396 e. The minimum atomic E-state index is 0. The van der Waals surface area contributed by atoms with Gasteiger partial charge in [0.15, 0.2) is 0 Å². The summed E-state index contributed by atoms with van der Waals surface area (Å²) in [6.45, 7) is 1.91. The average Bonchev–Trinajstić information content (AvgIpc) is 2.19. The number of ether oxygens (including phenoxy) is 1. The lowest BCUT2D eigenvalue weighted by atomic mass is 10.4. The van der Waals surface area contributed by atoms with E-state index in [0.29, 0.717) is 6.42 Å². The van der Waals surface area contributed by atoms with Gasteiger partial charge < -0.3 is 9.84 Å². The van der Waals surface area contributed by atoms with Gasteiger partial charge in [-0.15, -0.1) is 12.4 Å². The van der Waals surface area contributed by atoms with Gasteiger partial charge in [-0.05, 0) is 0 Å². The smallest absolute Gasteiger partial charge is 0.110 e. The molecule has 56 valence electrons. The van der Waals surface area contributed by atoms with Crippen LogP contribution in [-0.4, -0.2) is 31.1 Å². The third-order valence-corrected chi connectivity index (χ3v) is 1.18. The predicted molar refractivity (Wildman–Crippen MR) is 36.7 cm³/mol. The highest BCUT2D eigenvalue weighted by molar-refractivity contribution is 5.85. The van der Waals surface area contributed by atoms with Gasteiger partial charge in [-0.25, -0.2) is 0 Å². The molecule has 1 aliphatic heterocycles. The zero-order valence-electron chi connectivity index (χ0n) is 5.17. The fraction of sp³-hybridized carbons (Fsp3) is 1.00. The third-order valence-electron chi connectivity index (χ3n) is 1.18. The van der Waals surface area contributed by atoms with Crippen molar-refractivity contribution in [2.24, 2.45) is 0 Å². The van der Waals surface area contributed by atoms with E-state index >= 15 is 0 Å². The first-order valence-electron chi connectivity index (χ1n) is 2.89. The van der Waals surface area contributed by atoms with Crippen LogP contribution in [0.25, 0.3) is 0 Å². The number of nitrogens with one attached hydrogen (secondary N) is 1. The molecule has 1 unspecified atom stereocenters. The second-order valence-corrected chi connectivity index (χ2v) is 1.83. The van der Waals surface area contributed by atoms with Crippen molar-refractivity contribution in [2.45, 2.75) is 12.6 Å². The van der Waals surface area contributed by atoms with Gasteiger partial charge >= 0.3 is 0 Å². The van der Waals surface area contributed by atoms with Crippen molar-refractivity contribution in [3.8, 4) is 0 Å². The van der Waals surface area contributed by atoms with Crippen LogP contribution in [0.2, 0.25) is 0 Å². The van der Waals surface area contributed by atoms with E-state index in [1.807, 2.05) is 0 Å². The molecule has 1 heterocycles. The topological polar surface area (TPSA) is 41.5 Å². The van der Waals surface area contributed by atoms with Crippen molar-refractivity contribution >= 4 is 12.4 Å². The van der Waals surface area contributed by atoms with Gasteiger partial charge in [-0.3, -0.25) is 5.32 Å². The summed E-state index contributed by atoms with van der Waals surface area (Å²) in [5, 5.41) is 11.5. The van der Waals surface area contributed by atoms with Crippen molar-refractivity contribution in [1.29, 1.82) is 0 Å². The second-order valence-electron chi connectivity index (χ2n) is 1.83. The standard InChI is InChI=1S/C5H11NO2.ClH/c7-3-1-5-6-2-4-8-5;/h5-7H,1-4H2;1H. The molecule has 1 atom stereocenters. The molecule has 0 spiro atoms. The quantitative estimate of drug-likeness (QED) is 0.574. The Kier molecular flexibility index (Phi) is 5.09. The van der Waals surface area contributed by atoms with Crippen LogP contribution in [-0.2, 0) is 4.74 Å². The Morgan fingerprint density at radius 2 is 2.44 bits per heavy atom. The normalized spacial score (nSPS) is 25.7. The highest BCUT2D eigenvalue weighted by Gasteiger charge is 2.11. The molecule has 0 aromatic heterocycles. The Morgan fingerprint density at radius 3 is 2.89 bits per heavy atom. The molecule has 3 nitrogen and oxygen atoms in total. The van der Waals surface area contributed by atoms with Gasteiger partial charge in [0.25, 0.3) is 0 Å². The molecule has 1 rings (SSSR count). The summed E-state index contributed by atoms with van der Waals surface area (Å²) in [6.07, 6.45) is 0.819. The monoisotopic (exact) mass is 153 g/mol. The molecular formula is C5H12ClNO2. The predicted octanol–water partition coefficient (Wildman–Crippen LogP) is -0.264. The van der Waals surface area contributed by atoms with E-state index in [4.69, 9.17) is 9.84 Å². The number of rotatable bonds is 2. The van der Waals surface area contributed by atoms with Crippen LogP contribution in [0.5, 0.6) is 0 Å². The lowest BCUT2D eigenvalue weighted by Gasteiger charge is -2.05. The Labute approximate surface area is 60.8 Å². The molecule has 1 saturated heterocycles. The second kappa shape index (κ2) is 4.99. The highest BCUT2D eigenvalue weighted by Crippen LogP contribution is 1.97. The first-order valence-corrected chi connectivity index (χ1v) is 2.89. The van der Waals surface area contributed by atoms with Crippen LogP contribution >= 0.6 is 12.4 Å². The van der Waals surface area contributed by atoms with Crippen LogP contribution in [0.3, 0.4) is 0 Å². The fourth-order valence-corrected chi connectivity index (χ4v) is 0.783. The van der Waals surface area contributed by atoms with E-state index in [1.54, 1.807) is 0 Å². The summed E-state index contributed by atoms with van der Waals surface area (Å²) in [6, 6.07) is 0. The molecular weight excluding hydrogens is 142 g/mol. The summed E-state index contributed by atoms with van der Waals surface area (Å²) < 4.78 is 5.12. The van der Waals surface area contributed by atoms with E-state index in [0.717, 1.165) is 13.2 Å². The SMILES string of the molecule is Cl.OCCC1NCCO1. The van der Waals surface area contributed by atoms with E-state index in [1.165, 1.54) is 0 Å². The maximum atomic E-state index is 8.41. The van der Waals surface area contributed by atoms with Crippen LogP contribution in [0.4, 0.5) is 0 Å². The largest absolute Gasteiger partial charge is 0.396 e. The number of hydrogen-bond donors (Lipinski definition) is 2. The van der Waals surface area contributed by atoms with Gasteiger partial charge in [0.05, 0.1) is 6.61 Å². The molecule has 0 amide bonds. The number of hydrogen-bond acceptors (Lipinski definition) is 3. The summed E-state index contributed by atoms with van der Waals surface area (Å²) in [5.74, 6) is 0. The first kappa shape index (κ1) is 9.17. The van der Waals surface area contributed by atoms with Gasteiger partial charge in [0, 0.05) is 19.6 Å². The zero-order chi connectivity index (χ0) is 5.82. The van der Waals surface area contributed by atoms with Crippen molar-refractivity contribution in [1.82, 2.24) is 5.32 Å². The number of aliphatic hydroxyl groups excluding tert-OH is 1. The van der Waals surface area contributed by atoms with Crippen LogP contribution in [0.15, 0.2) is 0 Å². The molecule has 0 bridgehead atoms. The van der Waals surface area contributed by atoms with Crippen LogP contribution in [0.1, 0.15) is 6.42 Å². The maximum absolute atomic E-state index is 8.41. The molecule has 0 aromatic rings. The van der Waals surface area contributed by atoms with Crippen molar-refractivity contribution < 1.29 is 9.84 Å². The van der Waals surface area contributed by atoms with Gasteiger partial charge in [-0.1, -0.05) is 0 Å². The molecule has 0 aliphatic carbocycles. The highest BCUT2D eigenvalue weighted by atomic mass is 35.5. The third kappa shape index (κ3) is 3.01. The van der Waals surface area contributed by atoms with Gasteiger partial charge in [0.1, 0.15) is 6.23 Å². The molecule has 4 heteroatoms. The fourth-order valence-electron chi connectivity index (χ4n) is 0.783. The van der Waals surface area contributed by atoms with Crippen LogP contribution < -0.4 is 5.32 Å². The first-order chi connectivity index (χ1) is 3.93. The lowest BCUT2D eigenvalue weighted by molar-refractivity contribution is 0.0773. The van der Waals surface area contributed by atoms with Crippen molar-refractivity contribution in [2.75, 3.05) is 19.8 Å². The number of aliphatic hydroxyl groups is 1. The van der Waals surface area contributed by atoms with Crippen LogP contribution in [0, 0.1) is 0 Å². The van der Waals surface area contributed by atoms with E-state index in [2.05, 4.69) is 5.32 Å². The molecule has 0 radical (unpaired) electrons. The van der Waals surface area contributed by atoms with E-state index < -0.39 is 0 Å². The molecule has 2 N–H and O–H groups in total. The molecule has 0 aromatic carbocycles. The summed E-state index contributed by atoms with van der Waals surface area (Å²) in [5.41, 5.74) is 0. The molecule has 9 heavy (non-hydrogen) atoms. The maximum Gasteiger partial charge on any atom is 0.110 e. The van der Waals surface area contributed by atoms with Crippen molar-refractivity contribution in [3.63, 3.8) is 0 Å². The van der Waals surface area contributed by atoms with E-state index in [-0.39, 0.29) is 25.2 Å². The zero-order valence-corrected chi connectivity index (χ0v) is 5.99. The molecule has 1 aliphatic rings. The average molecular weight is 154 g/mol. The number of halogens is 1.